The van der Waals surface area contributed by atoms with Crippen LogP contribution in [0.5, 0.6) is 5.75 Å². The van der Waals surface area contributed by atoms with Crippen molar-refractivity contribution in [2.45, 2.75) is 13.0 Å². The molecule has 0 bridgehead atoms. The Morgan fingerprint density at radius 3 is 2.84 bits per heavy atom. The number of esters is 1. The van der Waals surface area contributed by atoms with E-state index in [9.17, 15) is 18.8 Å². The molecule has 0 saturated carbocycles. The Morgan fingerprint density at radius 2 is 2.06 bits per heavy atom. The lowest BCUT2D eigenvalue weighted by Gasteiger charge is -2.33. The molecule has 3 amide bonds. The number of carbonyl (C=O) groups excluding carboxylic acids is 3. The zero-order chi connectivity index (χ0) is 22.0. The molecule has 160 valence electrons. The van der Waals surface area contributed by atoms with Crippen LogP contribution in [0, 0.1) is 5.82 Å². The lowest BCUT2D eigenvalue weighted by molar-refractivity contribution is -0.136. The number of hydrogen-bond donors (Lipinski definition) is 2. The highest BCUT2D eigenvalue weighted by molar-refractivity contribution is 6.00. The van der Waals surface area contributed by atoms with Crippen LogP contribution >= 0.6 is 0 Å². The highest BCUT2D eigenvalue weighted by Gasteiger charge is 2.43. The van der Waals surface area contributed by atoms with Crippen molar-refractivity contribution in [3.8, 4) is 5.75 Å². The Labute approximate surface area is 177 Å². The standard InChI is InChI=1S/C22H20FN3O5/c1-2-30-17-9-4-3-8-15(17)20-19-16(12-31-21(19)28)26(22(29)25-20)11-18(27)24-14-7-5-6-13(23)10-14/h3-10,20H,2,11-12H2,1H3,(H,24,27)(H,25,29). The van der Waals surface area contributed by atoms with Crippen molar-refractivity contribution in [3.63, 3.8) is 0 Å². The van der Waals surface area contributed by atoms with Crippen molar-refractivity contribution < 1.29 is 28.2 Å². The first-order valence-corrected chi connectivity index (χ1v) is 9.73. The molecule has 1 unspecified atom stereocenters. The van der Waals surface area contributed by atoms with Crippen LogP contribution < -0.4 is 15.4 Å². The van der Waals surface area contributed by atoms with Crippen molar-refractivity contribution in [3.05, 3.63) is 71.2 Å². The predicted octanol–water partition coefficient (Wildman–Crippen LogP) is 2.74. The molecule has 0 spiro atoms. The first-order valence-electron chi connectivity index (χ1n) is 9.73. The Morgan fingerprint density at radius 1 is 1.26 bits per heavy atom. The molecule has 8 nitrogen and oxygen atoms in total. The summed E-state index contributed by atoms with van der Waals surface area (Å²) < 4.78 is 24.2. The van der Waals surface area contributed by atoms with Crippen LogP contribution in [0.1, 0.15) is 18.5 Å². The first kappa shape index (κ1) is 20.4. The number of rotatable bonds is 6. The summed E-state index contributed by atoms with van der Waals surface area (Å²) in [4.78, 5) is 39.0. The number of benzene rings is 2. The van der Waals surface area contributed by atoms with E-state index in [4.69, 9.17) is 9.47 Å². The van der Waals surface area contributed by atoms with E-state index in [1.54, 1.807) is 24.3 Å². The molecular formula is C22H20FN3O5. The number of para-hydroxylation sites is 1. The molecule has 0 radical (unpaired) electrons. The molecule has 2 aromatic carbocycles. The summed E-state index contributed by atoms with van der Waals surface area (Å²) in [7, 11) is 0. The van der Waals surface area contributed by atoms with Crippen LogP contribution in [-0.2, 0) is 14.3 Å². The minimum atomic E-state index is -0.761. The van der Waals surface area contributed by atoms with Gasteiger partial charge in [-0.15, -0.1) is 0 Å². The normalized spacial score (nSPS) is 17.7. The van der Waals surface area contributed by atoms with Crippen LogP contribution in [0.25, 0.3) is 0 Å². The van der Waals surface area contributed by atoms with Gasteiger partial charge in [-0.1, -0.05) is 24.3 Å². The second kappa shape index (κ2) is 8.47. The summed E-state index contributed by atoms with van der Waals surface area (Å²) in [5.74, 6) is -1.06. The molecular weight excluding hydrogens is 405 g/mol. The lowest BCUT2D eigenvalue weighted by atomic mass is 9.95. The molecule has 0 aliphatic carbocycles. The summed E-state index contributed by atoms with van der Waals surface area (Å²) in [6.07, 6.45) is 0. The number of nitrogens with one attached hydrogen (secondary N) is 2. The zero-order valence-electron chi connectivity index (χ0n) is 16.7. The number of ether oxygens (including phenoxy) is 2. The van der Waals surface area contributed by atoms with E-state index in [1.165, 1.54) is 24.3 Å². The molecule has 0 aromatic heterocycles. The van der Waals surface area contributed by atoms with Gasteiger partial charge in [-0.05, 0) is 31.2 Å². The molecule has 31 heavy (non-hydrogen) atoms. The minimum Gasteiger partial charge on any atom is -0.494 e. The second-order valence-electron chi connectivity index (χ2n) is 6.93. The van der Waals surface area contributed by atoms with Crippen molar-refractivity contribution in [1.29, 1.82) is 0 Å². The van der Waals surface area contributed by atoms with E-state index < -0.39 is 29.8 Å². The van der Waals surface area contributed by atoms with Gasteiger partial charge in [-0.25, -0.2) is 14.0 Å². The molecule has 2 aliphatic rings. The zero-order valence-corrected chi connectivity index (χ0v) is 16.7. The van der Waals surface area contributed by atoms with Crippen LogP contribution in [0.2, 0.25) is 0 Å². The summed E-state index contributed by atoms with van der Waals surface area (Å²) in [6.45, 7) is 1.77. The molecule has 2 N–H and O–H groups in total. The van der Waals surface area contributed by atoms with Gasteiger partial charge in [0, 0.05) is 11.3 Å². The number of nitrogens with zero attached hydrogens (tertiary/aromatic N) is 1. The van der Waals surface area contributed by atoms with Crippen LogP contribution in [0.15, 0.2) is 59.8 Å². The third-order valence-corrected chi connectivity index (χ3v) is 4.94. The topological polar surface area (TPSA) is 97.0 Å². The van der Waals surface area contributed by atoms with Crippen molar-refractivity contribution >= 4 is 23.6 Å². The maximum atomic E-state index is 13.4. The van der Waals surface area contributed by atoms with Gasteiger partial charge in [0.25, 0.3) is 0 Å². The number of amides is 3. The number of hydrogen-bond acceptors (Lipinski definition) is 5. The SMILES string of the molecule is CCOc1ccccc1C1NC(=O)N(CC(=O)Nc2cccc(F)c2)C2=C1C(=O)OC2. The maximum absolute atomic E-state index is 13.4. The minimum absolute atomic E-state index is 0.123. The van der Waals surface area contributed by atoms with Crippen molar-refractivity contribution in [2.24, 2.45) is 0 Å². The summed E-state index contributed by atoms with van der Waals surface area (Å²) in [6, 6.07) is 11.2. The predicted molar refractivity (Wildman–Crippen MR) is 109 cm³/mol. The first-order chi connectivity index (χ1) is 15.0. The van der Waals surface area contributed by atoms with E-state index in [2.05, 4.69) is 10.6 Å². The fourth-order valence-corrected chi connectivity index (χ4v) is 3.63. The van der Waals surface area contributed by atoms with E-state index >= 15 is 0 Å². The summed E-state index contributed by atoms with van der Waals surface area (Å²) in [5, 5.41) is 5.31. The summed E-state index contributed by atoms with van der Waals surface area (Å²) >= 11 is 0. The third kappa shape index (κ3) is 4.07. The van der Waals surface area contributed by atoms with Gasteiger partial charge in [-0.2, -0.15) is 0 Å². The Hall–Kier alpha value is -3.88. The monoisotopic (exact) mass is 425 g/mol. The Kier molecular flexibility index (Phi) is 5.57. The van der Waals surface area contributed by atoms with Gasteiger partial charge < -0.3 is 20.1 Å². The fourth-order valence-electron chi connectivity index (χ4n) is 3.63. The van der Waals surface area contributed by atoms with Gasteiger partial charge in [0.05, 0.1) is 23.9 Å². The molecule has 2 aliphatic heterocycles. The van der Waals surface area contributed by atoms with Gasteiger partial charge in [-0.3, -0.25) is 9.69 Å². The average molecular weight is 425 g/mol. The van der Waals surface area contributed by atoms with Crippen LogP contribution in [0.3, 0.4) is 0 Å². The number of carbonyl (C=O) groups is 3. The molecule has 0 saturated heterocycles. The number of anilines is 1. The van der Waals surface area contributed by atoms with E-state index in [1.807, 2.05) is 6.92 Å². The molecule has 2 heterocycles. The Bertz CT molecular complexity index is 1080. The van der Waals surface area contributed by atoms with E-state index in [0.29, 0.717) is 23.6 Å². The maximum Gasteiger partial charge on any atom is 0.338 e. The van der Waals surface area contributed by atoms with Crippen LogP contribution in [-0.4, -0.2) is 42.6 Å². The van der Waals surface area contributed by atoms with E-state index in [-0.39, 0.29) is 24.4 Å². The number of urea groups is 1. The molecule has 4 rings (SSSR count). The molecule has 9 heteroatoms. The quantitative estimate of drug-likeness (QED) is 0.694. The highest BCUT2D eigenvalue weighted by atomic mass is 19.1. The molecule has 1 atom stereocenters. The Balaban J connectivity index is 1.62. The largest absolute Gasteiger partial charge is 0.494 e. The highest BCUT2D eigenvalue weighted by Crippen LogP contribution is 2.38. The average Bonchev–Trinajstić information content (AvgIpc) is 3.12. The number of cyclic esters (lactones) is 1. The second-order valence-corrected chi connectivity index (χ2v) is 6.93. The van der Waals surface area contributed by atoms with Crippen molar-refractivity contribution in [2.75, 3.05) is 25.1 Å². The summed E-state index contributed by atoms with van der Waals surface area (Å²) in [5.41, 5.74) is 1.46. The van der Waals surface area contributed by atoms with E-state index in [0.717, 1.165) is 4.90 Å². The fraction of sp³-hybridized carbons (Fsp3) is 0.227. The van der Waals surface area contributed by atoms with Crippen LogP contribution in [0.4, 0.5) is 14.9 Å². The van der Waals surface area contributed by atoms with Gasteiger partial charge in [0.2, 0.25) is 5.91 Å². The van der Waals surface area contributed by atoms with Gasteiger partial charge >= 0.3 is 12.0 Å². The molecule has 2 aromatic rings. The van der Waals surface area contributed by atoms with Gasteiger partial charge in [0.15, 0.2) is 0 Å². The lowest BCUT2D eigenvalue weighted by Crippen LogP contribution is -2.49. The number of halogens is 1. The van der Waals surface area contributed by atoms with Crippen molar-refractivity contribution in [1.82, 2.24) is 10.2 Å². The molecule has 0 fully saturated rings. The third-order valence-electron chi connectivity index (χ3n) is 4.94. The van der Waals surface area contributed by atoms with Gasteiger partial charge in [0.1, 0.15) is 24.7 Å². The smallest absolute Gasteiger partial charge is 0.338 e.